The van der Waals surface area contributed by atoms with Gasteiger partial charge in [-0.2, -0.15) is 0 Å². The van der Waals surface area contributed by atoms with Gasteiger partial charge in [-0.1, -0.05) is 39.8 Å². The van der Waals surface area contributed by atoms with Crippen LogP contribution in [0.3, 0.4) is 0 Å². The molecule has 1 saturated carbocycles. The van der Waals surface area contributed by atoms with Gasteiger partial charge in [0.05, 0.1) is 17.5 Å². The number of nitrogens with one attached hydrogen (secondary N) is 1. The summed E-state index contributed by atoms with van der Waals surface area (Å²) in [6.45, 7) is 17.5. The van der Waals surface area contributed by atoms with Gasteiger partial charge in [0.2, 0.25) is 0 Å². The van der Waals surface area contributed by atoms with E-state index >= 15 is 0 Å². The third kappa shape index (κ3) is 4.75. The minimum absolute atomic E-state index is 0.00418. The lowest BCUT2D eigenvalue weighted by Crippen LogP contribution is -2.64. The van der Waals surface area contributed by atoms with E-state index in [0.29, 0.717) is 0 Å². The summed E-state index contributed by atoms with van der Waals surface area (Å²) in [7, 11) is 0. The van der Waals surface area contributed by atoms with E-state index < -0.39 is 0 Å². The fourth-order valence-electron chi connectivity index (χ4n) is 4.86. The zero-order valence-corrected chi connectivity index (χ0v) is 19.5. The molecule has 1 aliphatic carbocycles. The zero-order valence-electron chi connectivity index (χ0n) is 19.5. The number of nitrogens with zero attached hydrogens (tertiary/aromatic N) is 3. The van der Waals surface area contributed by atoms with E-state index in [1.165, 1.54) is 0 Å². The highest BCUT2D eigenvalue weighted by molar-refractivity contribution is 5.93. The lowest BCUT2D eigenvalue weighted by Gasteiger charge is -2.55. The Bertz CT molecular complexity index is 700. The highest BCUT2D eigenvalue weighted by Gasteiger charge is 2.52. The van der Waals surface area contributed by atoms with Gasteiger partial charge >= 0.3 is 6.03 Å². The molecule has 1 N–H and O–H groups in total. The van der Waals surface area contributed by atoms with Crippen LogP contribution in [0.2, 0.25) is 0 Å². The first kappa shape index (κ1) is 22.9. The van der Waals surface area contributed by atoms with E-state index in [9.17, 15) is 4.79 Å². The Hall–Kier alpha value is -1.79. The van der Waals surface area contributed by atoms with Crippen LogP contribution in [-0.4, -0.2) is 73.9 Å². The van der Waals surface area contributed by atoms with E-state index in [-0.39, 0.29) is 23.6 Å². The Morgan fingerprint density at radius 2 is 1.87 bits per heavy atom. The standard InChI is InChI=1S/C24H40N4O2/c1-6-13-28(21-18-22(30-8-3)24(21,4)5)23(29)25-19-11-9-10-12-20(19)27-16-14-26(7-2)15-17-27/h9-12,21-22H,6-8,13-18H2,1-5H3,(H,25,29)/t21-,22+/m0/s1. The number of piperazine rings is 1. The van der Waals surface area contributed by atoms with Crippen LogP contribution in [0.25, 0.3) is 0 Å². The van der Waals surface area contributed by atoms with Crippen molar-refractivity contribution < 1.29 is 9.53 Å². The van der Waals surface area contributed by atoms with Crippen molar-refractivity contribution in [2.45, 2.75) is 59.6 Å². The molecule has 3 rings (SSSR count). The number of amides is 2. The van der Waals surface area contributed by atoms with Crippen molar-refractivity contribution in [2.75, 3.05) is 56.1 Å². The number of hydrogen-bond acceptors (Lipinski definition) is 4. The van der Waals surface area contributed by atoms with Crippen molar-refractivity contribution in [3.05, 3.63) is 24.3 Å². The normalized spacial score (nSPS) is 23.7. The summed E-state index contributed by atoms with van der Waals surface area (Å²) in [6.07, 6.45) is 2.08. The minimum atomic E-state index is -0.0292. The maximum absolute atomic E-state index is 13.4. The lowest BCUT2D eigenvalue weighted by molar-refractivity contribution is -0.138. The van der Waals surface area contributed by atoms with E-state index in [1.807, 2.05) is 24.0 Å². The number of benzene rings is 1. The lowest BCUT2D eigenvalue weighted by atomic mass is 9.63. The highest BCUT2D eigenvalue weighted by atomic mass is 16.5. The molecule has 168 valence electrons. The molecular weight excluding hydrogens is 376 g/mol. The molecule has 6 nitrogen and oxygen atoms in total. The molecule has 0 unspecified atom stereocenters. The first-order valence-electron chi connectivity index (χ1n) is 11.7. The van der Waals surface area contributed by atoms with Crippen LogP contribution in [0.15, 0.2) is 24.3 Å². The Morgan fingerprint density at radius 3 is 2.47 bits per heavy atom. The van der Waals surface area contributed by atoms with Gasteiger partial charge in [0, 0.05) is 50.8 Å². The number of carbonyl (C=O) groups is 1. The van der Waals surface area contributed by atoms with Gasteiger partial charge in [0.25, 0.3) is 0 Å². The highest BCUT2D eigenvalue weighted by Crippen LogP contribution is 2.46. The number of carbonyl (C=O) groups excluding carboxylic acids is 1. The third-order valence-electron chi connectivity index (χ3n) is 6.90. The Labute approximate surface area is 182 Å². The molecule has 1 aromatic carbocycles. The number of urea groups is 1. The van der Waals surface area contributed by atoms with E-state index in [0.717, 1.165) is 70.1 Å². The molecule has 2 fully saturated rings. The summed E-state index contributed by atoms with van der Waals surface area (Å²) in [6, 6.07) is 8.42. The molecule has 1 aliphatic heterocycles. The number of ether oxygens (including phenoxy) is 1. The summed E-state index contributed by atoms with van der Waals surface area (Å²) in [5, 5.41) is 3.24. The number of anilines is 2. The van der Waals surface area contributed by atoms with E-state index in [4.69, 9.17) is 4.74 Å². The maximum Gasteiger partial charge on any atom is 0.322 e. The fraction of sp³-hybridized carbons (Fsp3) is 0.708. The molecule has 1 aromatic rings. The summed E-state index contributed by atoms with van der Waals surface area (Å²) in [5.74, 6) is 0. The van der Waals surface area contributed by atoms with Gasteiger partial charge in [-0.15, -0.1) is 0 Å². The van der Waals surface area contributed by atoms with Crippen LogP contribution < -0.4 is 10.2 Å². The second kappa shape index (κ2) is 10.0. The molecule has 0 radical (unpaired) electrons. The summed E-state index contributed by atoms with van der Waals surface area (Å²) in [4.78, 5) is 20.3. The van der Waals surface area contributed by atoms with Crippen molar-refractivity contribution in [2.24, 2.45) is 5.41 Å². The maximum atomic E-state index is 13.4. The zero-order chi connectivity index (χ0) is 21.7. The SMILES string of the molecule is CCCN(C(=O)Nc1ccccc1N1CCN(CC)CC1)[C@H]1C[C@@H](OCC)C1(C)C. The van der Waals surface area contributed by atoms with E-state index in [1.54, 1.807) is 0 Å². The molecule has 6 heteroatoms. The van der Waals surface area contributed by atoms with Crippen LogP contribution >= 0.6 is 0 Å². The monoisotopic (exact) mass is 416 g/mol. The van der Waals surface area contributed by atoms with Crippen molar-refractivity contribution in [3.63, 3.8) is 0 Å². The molecule has 2 amide bonds. The largest absolute Gasteiger partial charge is 0.378 e. The van der Waals surface area contributed by atoms with Gasteiger partial charge in [-0.05, 0) is 38.4 Å². The number of rotatable bonds is 8. The van der Waals surface area contributed by atoms with E-state index in [2.05, 4.69) is 54.9 Å². The molecule has 0 spiro atoms. The Morgan fingerprint density at radius 1 is 1.17 bits per heavy atom. The molecule has 2 atom stereocenters. The fourth-order valence-corrected chi connectivity index (χ4v) is 4.86. The van der Waals surface area contributed by atoms with Crippen molar-refractivity contribution >= 4 is 17.4 Å². The van der Waals surface area contributed by atoms with Crippen molar-refractivity contribution in [3.8, 4) is 0 Å². The van der Waals surface area contributed by atoms with Crippen molar-refractivity contribution in [1.29, 1.82) is 0 Å². The first-order valence-corrected chi connectivity index (χ1v) is 11.7. The number of para-hydroxylation sites is 2. The summed E-state index contributed by atoms with van der Waals surface area (Å²) in [5.41, 5.74) is 2.00. The van der Waals surface area contributed by atoms with Gasteiger partial charge in [-0.25, -0.2) is 4.79 Å². The van der Waals surface area contributed by atoms with Crippen molar-refractivity contribution in [1.82, 2.24) is 9.80 Å². The number of hydrogen-bond donors (Lipinski definition) is 1. The molecule has 30 heavy (non-hydrogen) atoms. The van der Waals surface area contributed by atoms with Crippen LogP contribution in [0.5, 0.6) is 0 Å². The van der Waals surface area contributed by atoms with Crippen LogP contribution in [0.4, 0.5) is 16.2 Å². The molecule has 0 bridgehead atoms. The first-order chi connectivity index (χ1) is 14.4. The molecule has 1 heterocycles. The van der Waals surface area contributed by atoms with Crippen LogP contribution in [-0.2, 0) is 4.74 Å². The number of likely N-dealkylation sites (N-methyl/N-ethyl adjacent to an activating group) is 1. The molecule has 2 aliphatic rings. The topological polar surface area (TPSA) is 48.1 Å². The molecular formula is C24H40N4O2. The van der Waals surface area contributed by atoms with Gasteiger partial charge in [0.1, 0.15) is 0 Å². The van der Waals surface area contributed by atoms with Crippen LogP contribution in [0.1, 0.15) is 47.5 Å². The quantitative estimate of drug-likeness (QED) is 0.687. The van der Waals surface area contributed by atoms with Gasteiger partial charge in [-0.3, -0.25) is 0 Å². The smallest absolute Gasteiger partial charge is 0.322 e. The second-order valence-electron chi connectivity index (χ2n) is 9.08. The average Bonchev–Trinajstić information content (AvgIpc) is 2.75. The van der Waals surface area contributed by atoms with Gasteiger partial charge in [0.15, 0.2) is 0 Å². The average molecular weight is 417 g/mol. The second-order valence-corrected chi connectivity index (χ2v) is 9.08. The Kier molecular flexibility index (Phi) is 7.64. The van der Waals surface area contributed by atoms with Gasteiger partial charge < -0.3 is 24.8 Å². The van der Waals surface area contributed by atoms with Crippen LogP contribution in [0, 0.1) is 5.41 Å². The summed E-state index contributed by atoms with van der Waals surface area (Å²) >= 11 is 0. The Balaban J connectivity index is 1.71. The molecule has 0 aromatic heterocycles. The summed E-state index contributed by atoms with van der Waals surface area (Å²) < 4.78 is 5.90. The predicted octanol–water partition coefficient (Wildman–Crippen LogP) is 4.28. The third-order valence-corrected chi connectivity index (χ3v) is 6.90. The predicted molar refractivity (Wildman–Crippen MR) is 124 cm³/mol. The molecule has 1 saturated heterocycles. The minimum Gasteiger partial charge on any atom is -0.378 e.